The van der Waals surface area contributed by atoms with E-state index >= 15 is 0 Å². The molecule has 1 atom stereocenters. The Morgan fingerprint density at radius 3 is 2.53 bits per heavy atom. The van der Waals surface area contributed by atoms with E-state index < -0.39 is 0 Å². The molecule has 1 fully saturated rings. The van der Waals surface area contributed by atoms with Crippen molar-refractivity contribution in [2.24, 2.45) is 17.1 Å². The van der Waals surface area contributed by atoms with Gasteiger partial charge in [0.1, 0.15) is 0 Å². The summed E-state index contributed by atoms with van der Waals surface area (Å²) < 4.78 is 0. The molecule has 0 spiro atoms. The van der Waals surface area contributed by atoms with Gasteiger partial charge in [-0.2, -0.15) is 0 Å². The topological polar surface area (TPSA) is 55.1 Å². The third-order valence-electron chi connectivity index (χ3n) is 3.29. The van der Waals surface area contributed by atoms with Crippen LogP contribution in [0.2, 0.25) is 0 Å². The van der Waals surface area contributed by atoms with Crippen molar-refractivity contribution in [3.63, 3.8) is 0 Å². The lowest BCUT2D eigenvalue weighted by atomic mass is 9.81. The van der Waals surface area contributed by atoms with Crippen LogP contribution < -0.4 is 11.1 Å². The zero-order chi connectivity index (χ0) is 11.7. The average Bonchev–Trinajstić information content (AvgIpc) is 2.40. The summed E-state index contributed by atoms with van der Waals surface area (Å²) in [5.41, 5.74) is 5.67. The predicted molar refractivity (Wildman–Crippen MR) is 62.4 cm³/mol. The summed E-state index contributed by atoms with van der Waals surface area (Å²) in [4.78, 5) is 11.9. The van der Waals surface area contributed by atoms with Crippen molar-refractivity contribution < 1.29 is 4.79 Å². The smallest absolute Gasteiger partial charge is 0.223 e. The number of nitrogens with one attached hydrogen (secondary N) is 1. The third-order valence-corrected chi connectivity index (χ3v) is 3.29. The summed E-state index contributed by atoms with van der Waals surface area (Å²) in [5.74, 6) is 0.343. The number of nitrogens with two attached hydrogens (primary N) is 1. The maximum atomic E-state index is 11.9. The van der Waals surface area contributed by atoms with E-state index in [2.05, 4.69) is 19.2 Å². The van der Waals surface area contributed by atoms with Crippen molar-refractivity contribution in [2.75, 3.05) is 6.54 Å². The SMILES string of the molecule is CC(C)(N)CNC(=O)C1CCCC1(C)C. The molecule has 0 heterocycles. The Hall–Kier alpha value is -0.570. The van der Waals surface area contributed by atoms with Crippen LogP contribution in [0.3, 0.4) is 0 Å². The van der Waals surface area contributed by atoms with Crippen molar-refractivity contribution in [3.05, 3.63) is 0 Å². The minimum absolute atomic E-state index is 0.156. The summed E-state index contributed by atoms with van der Waals surface area (Å²) in [6.07, 6.45) is 3.33. The quantitative estimate of drug-likeness (QED) is 0.747. The van der Waals surface area contributed by atoms with Gasteiger partial charge in [-0.1, -0.05) is 20.3 Å². The molecule has 1 unspecified atom stereocenters. The number of carbonyl (C=O) groups excluding carboxylic acids is 1. The lowest BCUT2D eigenvalue weighted by molar-refractivity contribution is -0.127. The van der Waals surface area contributed by atoms with Crippen LogP contribution in [0.5, 0.6) is 0 Å². The second-order valence-electron chi connectivity index (χ2n) is 6.14. The Morgan fingerprint density at radius 1 is 1.53 bits per heavy atom. The molecule has 1 rings (SSSR count). The van der Waals surface area contributed by atoms with E-state index in [1.165, 1.54) is 0 Å². The maximum absolute atomic E-state index is 11.9. The van der Waals surface area contributed by atoms with E-state index in [0.29, 0.717) is 6.54 Å². The van der Waals surface area contributed by atoms with Gasteiger partial charge in [-0.3, -0.25) is 4.79 Å². The second kappa shape index (κ2) is 4.12. The molecular formula is C12H24N2O. The highest BCUT2D eigenvalue weighted by molar-refractivity contribution is 5.79. The molecule has 0 saturated heterocycles. The molecule has 0 aromatic rings. The number of rotatable bonds is 3. The minimum atomic E-state index is -0.321. The molecule has 3 N–H and O–H groups in total. The second-order valence-corrected chi connectivity index (χ2v) is 6.14. The lowest BCUT2D eigenvalue weighted by Gasteiger charge is -2.27. The number of amides is 1. The van der Waals surface area contributed by atoms with E-state index in [4.69, 9.17) is 5.73 Å². The third kappa shape index (κ3) is 3.49. The molecular weight excluding hydrogens is 188 g/mol. The van der Waals surface area contributed by atoms with E-state index in [-0.39, 0.29) is 22.8 Å². The minimum Gasteiger partial charge on any atom is -0.354 e. The Labute approximate surface area is 92.8 Å². The molecule has 1 saturated carbocycles. The van der Waals surface area contributed by atoms with Gasteiger partial charge < -0.3 is 11.1 Å². The van der Waals surface area contributed by atoms with Gasteiger partial charge in [-0.15, -0.1) is 0 Å². The summed E-state index contributed by atoms with van der Waals surface area (Å²) in [6.45, 7) is 8.76. The molecule has 1 amide bonds. The molecule has 0 radical (unpaired) electrons. The zero-order valence-corrected chi connectivity index (χ0v) is 10.4. The van der Waals surface area contributed by atoms with Crippen molar-refractivity contribution in [2.45, 2.75) is 52.5 Å². The van der Waals surface area contributed by atoms with E-state index in [0.717, 1.165) is 19.3 Å². The summed E-state index contributed by atoms with van der Waals surface area (Å²) in [5, 5.41) is 2.96. The van der Waals surface area contributed by atoms with Crippen LogP contribution >= 0.6 is 0 Å². The fraction of sp³-hybridized carbons (Fsp3) is 0.917. The van der Waals surface area contributed by atoms with Crippen LogP contribution in [0.15, 0.2) is 0 Å². The first kappa shape index (κ1) is 12.5. The Balaban J connectivity index is 2.48. The summed E-state index contributed by atoms with van der Waals surface area (Å²) in [6, 6.07) is 0. The summed E-state index contributed by atoms with van der Waals surface area (Å²) in [7, 11) is 0. The van der Waals surface area contributed by atoms with Gasteiger partial charge in [0.15, 0.2) is 0 Å². The van der Waals surface area contributed by atoms with Crippen LogP contribution in [0.25, 0.3) is 0 Å². The normalized spacial score (nSPS) is 25.3. The van der Waals surface area contributed by atoms with Gasteiger partial charge in [0.2, 0.25) is 5.91 Å². The van der Waals surface area contributed by atoms with Gasteiger partial charge in [0.05, 0.1) is 0 Å². The van der Waals surface area contributed by atoms with Crippen molar-refractivity contribution in [1.29, 1.82) is 0 Å². The van der Waals surface area contributed by atoms with Crippen LogP contribution in [0, 0.1) is 11.3 Å². The Kier molecular flexibility index (Phi) is 3.44. The standard InChI is InChI=1S/C12H24N2O/c1-11(2)7-5-6-9(11)10(15)14-8-12(3,4)13/h9H,5-8,13H2,1-4H3,(H,14,15). The highest BCUT2D eigenvalue weighted by Gasteiger charge is 2.39. The molecule has 1 aliphatic rings. The molecule has 0 bridgehead atoms. The van der Waals surface area contributed by atoms with E-state index in [1.54, 1.807) is 0 Å². The highest BCUT2D eigenvalue weighted by Crippen LogP contribution is 2.42. The van der Waals surface area contributed by atoms with Gasteiger partial charge in [-0.25, -0.2) is 0 Å². The fourth-order valence-electron chi connectivity index (χ4n) is 2.25. The first-order chi connectivity index (χ1) is 6.72. The first-order valence-electron chi connectivity index (χ1n) is 5.79. The molecule has 0 aliphatic heterocycles. The predicted octanol–water partition coefficient (Wildman–Crippen LogP) is 1.67. The molecule has 3 nitrogen and oxygen atoms in total. The van der Waals surface area contributed by atoms with Crippen LogP contribution in [0.4, 0.5) is 0 Å². The van der Waals surface area contributed by atoms with Crippen molar-refractivity contribution in [3.8, 4) is 0 Å². The molecule has 0 aromatic carbocycles. The first-order valence-corrected chi connectivity index (χ1v) is 5.79. The molecule has 3 heteroatoms. The molecule has 0 aromatic heterocycles. The van der Waals surface area contributed by atoms with Gasteiger partial charge in [0.25, 0.3) is 0 Å². The monoisotopic (exact) mass is 212 g/mol. The van der Waals surface area contributed by atoms with Gasteiger partial charge >= 0.3 is 0 Å². The fourth-order valence-corrected chi connectivity index (χ4v) is 2.25. The van der Waals surface area contributed by atoms with Gasteiger partial charge in [0, 0.05) is 18.0 Å². The van der Waals surface area contributed by atoms with Gasteiger partial charge in [-0.05, 0) is 32.1 Å². The number of hydrogen-bond acceptors (Lipinski definition) is 2. The van der Waals surface area contributed by atoms with Crippen LogP contribution in [0.1, 0.15) is 47.0 Å². The Bertz CT molecular complexity index is 240. The van der Waals surface area contributed by atoms with Crippen molar-refractivity contribution in [1.82, 2.24) is 5.32 Å². The average molecular weight is 212 g/mol. The number of hydrogen-bond donors (Lipinski definition) is 2. The molecule has 88 valence electrons. The Morgan fingerprint density at radius 2 is 2.13 bits per heavy atom. The zero-order valence-electron chi connectivity index (χ0n) is 10.4. The molecule has 15 heavy (non-hydrogen) atoms. The lowest BCUT2D eigenvalue weighted by Crippen LogP contribution is -2.47. The maximum Gasteiger partial charge on any atom is 0.223 e. The van der Waals surface area contributed by atoms with Crippen molar-refractivity contribution >= 4 is 5.91 Å². The van der Waals surface area contributed by atoms with Crippen LogP contribution in [-0.2, 0) is 4.79 Å². The molecule has 1 aliphatic carbocycles. The van der Waals surface area contributed by atoms with E-state index in [9.17, 15) is 4.79 Å². The van der Waals surface area contributed by atoms with E-state index in [1.807, 2.05) is 13.8 Å². The van der Waals surface area contributed by atoms with Crippen LogP contribution in [-0.4, -0.2) is 18.0 Å². The highest BCUT2D eigenvalue weighted by atomic mass is 16.1. The largest absolute Gasteiger partial charge is 0.354 e. The number of carbonyl (C=O) groups is 1. The summed E-state index contributed by atoms with van der Waals surface area (Å²) >= 11 is 0.